The standard InChI is InChI=1S/C52H48Cl12N8O4/c1-5-9-13-17-73-41-33(57)25-21(29(53)37(41)61)45-65-46-22-27(35(59)43(38(62)30(22)54)75-19-15-11-7-3)51(67-46)72-52-28-24(32(56)40(64)44(36(28)60)76-20-16-12-8-4)48(71-52)70-50-26-23(47(69-50)68-49(25)66-45)31(55)39(63)42(34(26)58)74-18-14-10-6-2/h51,66H,5-20H2,1-4H3,(H,65,67)(H,68,69,70,71,72). The van der Waals surface area contributed by atoms with Gasteiger partial charge in [0.25, 0.3) is 0 Å². The van der Waals surface area contributed by atoms with E-state index in [-0.39, 0.29) is 151 Å². The van der Waals surface area contributed by atoms with E-state index in [0.29, 0.717) is 42.9 Å². The second kappa shape index (κ2) is 24.8. The van der Waals surface area contributed by atoms with Gasteiger partial charge in [0.1, 0.15) is 48.5 Å². The number of hydrogen-bond donors (Lipinski definition) is 3. The van der Waals surface area contributed by atoms with Gasteiger partial charge in [0.15, 0.2) is 40.8 Å². The van der Waals surface area contributed by atoms with Gasteiger partial charge in [-0.2, -0.15) is 0 Å². The van der Waals surface area contributed by atoms with E-state index in [1.54, 1.807) is 0 Å². The lowest BCUT2D eigenvalue weighted by Gasteiger charge is -2.16. The number of hydrogen-bond acceptors (Lipinski definition) is 10. The monoisotopic (exact) mass is 1270 g/mol. The van der Waals surface area contributed by atoms with Gasteiger partial charge in [-0.25, -0.2) is 25.0 Å². The molecule has 0 aliphatic carbocycles. The molecule has 8 bridgehead atoms. The molecular formula is C52H48Cl12N8O4. The number of amidine groups is 3. The van der Waals surface area contributed by atoms with Crippen molar-refractivity contribution in [2.45, 2.75) is 111 Å². The third-order valence-electron chi connectivity index (χ3n) is 12.9. The summed E-state index contributed by atoms with van der Waals surface area (Å²) in [5.41, 5.74) is 1.38. The fraction of sp³-hybridized carbons (Fsp3) is 0.404. The molecule has 12 nitrogen and oxygen atoms in total. The molecule has 0 spiro atoms. The summed E-state index contributed by atoms with van der Waals surface area (Å²) < 4.78 is 25.0. The van der Waals surface area contributed by atoms with Crippen molar-refractivity contribution in [3.05, 3.63) is 93.5 Å². The van der Waals surface area contributed by atoms with Crippen LogP contribution in [-0.2, 0) is 0 Å². The molecule has 0 fully saturated rings. The third-order valence-corrected chi connectivity index (χ3v) is 17.7. The van der Waals surface area contributed by atoms with Crippen LogP contribution in [0.1, 0.15) is 133 Å². The lowest BCUT2D eigenvalue weighted by atomic mass is 10.1. The molecule has 6 aromatic rings. The van der Waals surface area contributed by atoms with E-state index >= 15 is 0 Å². The smallest absolute Gasteiger partial charge is 0.166 e. The van der Waals surface area contributed by atoms with E-state index in [4.69, 9.17) is 183 Å². The van der Waals surface area contributed by atoms with Crippen LogP contribution < -0.4 is 35.2 Å². The maximum absolute atomic E-state index is 7.41. The van der Waals surface area contributed by atoms with Crippen LogP contribution in [0.2, 0.25) is 60.3 Å². The van der Waals surface area contributed by atoms with Crippen molar-refractivity contribution < 1.29 is 18.9 Å². The number of fused-ring (bicyclic) bond motifs is 19. The fourth-order valence-electron chi connectivity index (χ4n) is 9.09. The molecule has 3 N–H and O–H groups in total. The molecule has 3 aliphatic rings. The number of H-pyrrole nitrogens is 2. The van der Waals surface area contributed by atoms with Crippen LogP contribution in [0, 0.1) is 0 Å². The van der Waals surface area contributed by atoms with Gasteiger partial charge in [-0.15, -0.1) is 0 Å². The minimum Gasteiger partial charge on any atom is -0.490 e. The zero-order valence-corrected chi connectivity index (χ0v) is 50.4. The Kier molecular flexibility index (Phi) is 18.9. The van der Waals surface area contributed by atoms with Gasteiger partial charge < -0.3 is 34.2 Å². The lowest BCUT2D eigenvalue weighted by Crippen LogP contribution is -2.22. The molecule has 9 rings (SSSR count). The molecule has 404 valence electrons. The second-order valence-corrected chi connectivity index (χ2v) is 22.6. The minimum absolute atomic E-state index is 0.00487. The Balaban J connectivity index is 1.42. The van der Waals surface area contributed by atoms with Gasteiger partial charge in [0, 0.05) is 11.1 Å². The molecule has 2 aromatic heterocycles. The van der Waals surface area contributed by atoms with Gasteiger partial charge in [0.05, 0.1) is 99.3 Å². The zero-order valence-electron chi connectivity index (χ0n) is 41.3. The highest BCUT2D eigenvalue weighted by atomic mass is 35.5. The molecule has 5 heterocycles. The first-order valence-corrected chi connectivity index (χ1v) is 29.5. The van der Waals surface area contributed by atoms with Crippen LogP contribution in [0.4, 0.5) is 11.6 Å². The zero-order chi connectivity index (χ0) is 54.3. The molecular weight excluding hydrogens is 1230 g/mol. The van der Waals surface area contributed by atoms with Crippen molar-refractivity contribution in [2.24, 2.45) is 25.0 Å². The number of aromatic nitrogens is 2. The molecule has 1 atom stereocenters. The molecule has 4 aromatic carbocycles. The quantitative estimate of drug-likeness (QED) is 0.0515. The number of benzene rings is 4. The number of nitrogens with one attached hydrogen (secondary N) is 3. The Morgan fingerprint density at radius 1 is 0.368 bits per heavy atom. The predicted octanol–water partition coefficient (Wildman–Crippen LogP) is 19.2. The van der Waals surface area contributed by atoms with E-state index in [2.05, 4.69) is 43.0 Å². The SMILES string of the molecule is CCCCCOc1c(Cl)c(Cl)c2c(c1Cl)C1=NC2=Nc2[nH]c(c3c(Cl)c(Cl)c(OCCCCC)c(Cl)c23)N=C2NC(N=c3[nH]c(c4c(Cl)c(Cl)c(OCCCCC)c(Cl)c34)=N1)c1c(Cl)c(OCCCCC)c(Cl)c(Cl)c12. The Morgan fingerprint density at radius 2 is 0.776 bits per heavy atom. The molecule has 0 radical (unpaired) electrons. The highest BCUT2D eigenvalue weighted by molar-refractivity contribution is 6.53. The first-order chi connectivity index (χ1) is 36.6. The molecule has 24 heteroatoms. The molecule has 76 heavy (non-hydrogen) atoms. The average molecular weight is 1270 g/mol. The van der Waals surface area contributed by atoms with Crippen LogP contribution in [-0.4, -0.2) is 53.9 Å². The van der Waals surface area contributed by atoms with E-state index < -0.39 is 6.17 Å². The van der Waals surface area contributed by atoms with Crippen molar-refractivity contribution in [2.75, 3.05) is 26.4 Å². The topological polar surface area (TPSA) is 142 Å². The number of unbranched alkanes of at least 4 members (excludes halogenated alkanes) is 8. The van der Waals surface area contributed by atoms with Crippen molar-refractivity contribution in [3.63, 3.8) is 0 Å². The highest BCUT2D eigenvalue weighted by Crippen LogP contribution is 2.55. The summed E-state index contributed by atoms with van der Waals surface area (Å²) in [5, 5.41) is 5.22. The van der Waals surface area contributed by atoms with E-state index in [0.717, 1.165) is 77.0 Å². The molecule has 3 aliphatic heterocycles. The molecule has 0 saturated heterocycles. The summed E-state index contributed by atoms with van der Waals surface area (Å²) in [7, 11) is 0. The van der Waals surface area contributed by atoms with Crippen molar-refractivity contribution >= 4 is 190 Å². The molecule has 1 unspecified atom stereocenters. The van der Waals surface area contributed by atoms with Crippen LogP contribution in [0.3, 0.4) is 0 Å². The fourth-order valence-corrected chi connectivity index (χ4v) is 12.7. The second-order valence-electron chi connectivity index (χ2n) is 18.1. The van der Waals surface area contributed by atoms with E-state index in [1.165, 1.54) is 0 Å². The van der Waals surface area contributed by atoms with Crippen molar-refractivity contribution in [3.8, 4) is 23.0 Å². The maximum atomic E-state index is 7.41. The van der Waals surface area contributed by atoms with Crippen LogP contribution in [0.25, 0.3) is 21.5 Å². The number of nitrogens with zero attached hydrogens (tertiary/aromatic N) is 5. The van der Waals surface area contributed by atoms with Crippen LogP contribution in [0.5, 0.6) is 23.0 Å². The predicted molar refractivity (Wildman–Crippen MR) is 317 cm³/mol. The van der Waals surface area contributed by atoms with Crippen LogP contribution >= 0.6 is 139 Å². The average Bonchev–Trinajstić information content (AvgIpc) is 4.21. The summed E-state index contributed by atoms with van der Waals surface area (Å²) in [4.78, 5) is 32.4. The first-order valence-electron chi connectivity index (χ1n) is 24.9. The summed E-state index contributed by atoms with van der Waals surface area (Å²) in [5.74, 6) is 0.973. The van der Waals surface area contributed by atoms with Crippen molar-refractivity contribution in [1.82, 2.24) is 15.3 Å². The Bertz CT molecular complexity index is 3540. The number of ether oxygens (including phenoxy) is 4. The number of rotatable bonds is 20. The normalized spacial score (nSPS) is 14.5. The van der Waals surface area contributed by atoms with E-state index in [9.17, 15) is 0 Å². The molecule has 0 amide bonds. The van der Waals surface area contributed by atoms with Gasteiger partial charge >= 0.3 is 0 Å². The Morgan fingerprint density at radius 3 is 1.32 bits per heavy atom. The summed E-state index contributed by atoms with van der Waals surface area (Å²) in [6.45, 7) is 9.56. The molecule has 0 saturated carbocycles. The Labute approximate surface area is 498 Å². The highest BCUT2D eigenvalue weighted by Gasteiger charge is 2.39. The van der Waals surface area contributed by atoms with Crippen molar-refractivity contribution in [1.29, 1.82) is 0 Å². The minimum atomic E-state index is -1.08. The lowest BCUT2D eigenvalue weighted by molar-refractivity contribution is 0.306. The summed E-state index contributed by atoms with van der Waals surface area (Å²) in [6, 6.07) is 0. The third kappa shape index (κ3) is 10.6. The van der Waals surface area contributed by atoms with Gasteiger partial charge in [0.2, 0.25) is 0 Å². The Hall–Kier alpha value is -2.95. The summed E-state index contributed by atoms with van der Waals surface area (Å²) in [6.07, 6.45) is 9.29. The van der Waals surface area contributed by atoms with Crippen LogP contribution in [0.15, 0.2) is 25.0 Å². The number of aromatic amines is 2. The van der Waals surface area contributed by atoms with E-state index in [1.807, 2.05) is 0 Å². The maximum Gasteiger partial charge on any atom is 0.166 e. The largest absolute Gasteiger partial charge is 0.490 e. The number of halogens is 12. The van der Waals surface area contributed by atoms with Gasteiger partial charge in [-0.3, -0.25) is 0 Å². The van der Waals surface area contributed by atoms with Gasteiger partial charge in [-0.1, -0.05) is 218 Å². The first kappa shape index (κ1) is 57.7. The van der Waals surface area contributed by atoms with Gasteiger partial charge in [-0.05, 0) is 25.7 Å². The summed E-state index contributed by atoms with van der Waals surface area (Å²) >= 11 is 87.0. The number of aliphatic imine (C=N–C) groups is 3.